The minimum atomic E-state index is -0.178. The van der Waals surface area contributed by atoms with E-state index in [2.05, 4.69) is 154 Å². The van der Waals surface area contributed by atoms with Crippen LogP contribution in [0.25, 0.3) is 60.9 Å². The van der Waals surface area contributed by atoms with Gasteiger partial charge in [0.25, 0.3) is 0 Å². The fraction of sp³-hybridized carbons (Fsp3) is 0.217. The molecule has 0 spiro atoms. The molecule has 1 nitrogen and oxygen atoms in total. The Bertz CT molecular complexity index is 2030. The van der Waals surface area contributed by atoms with Gasteiger partial charge in [-0.1, -0.05) is 161 Å². The summed E-state index contributed by atoms with van der Waals surface area (Å²) in [5.74, 6) is 0.699. The van der Waals surface area contributed by atoms with Crippen LogP contribution in [0.1, 0.15) is 58.1 Å². The van der Waals surface area contributed by atoms with Crippen LogP contribution < -0.4 is 0 Å². The van der Waals surface area contributed by atoms with E-state index < -0.39 is 0 Å². The topological polar surface area (TPSA) is 9.23 Å². The van der Waals surface area contributed by atoms with Gasteiger partial charge in [0.15, 0.2) is 0 Å². The second-order valence-corrected chi connectivity index (χ2v) is 13.5. The fourth-order valence-corrected chi connectivity index (χ4v) is 8.06. The van der Waals surface area contributed by atoms with Crippen LogP contribution in [0.15, 0.2) is 140 Å². The summed E-state index contributed by atoms with van der Waals surface area (Å²) in [7, 11) is 0. The maximum Gasteiger partial charge on any atom is 0.0867 e. The summed E-state index contributed by atoms with van der Waals surface area (Å²) in [6.45, 7) is 15.7. The molecule has 0 saturated carbocycles. The molecule has 8 rings (SSSR count). The van der Waals surface area contributed by atoms with E-state index in [-0.39, 0.29) is 11.7 Å². The van der Waals surface area contributed by atoms with Gasteiger partial charge < -0.3 is 4.74 Å². The van der Waals surface area contributed by atoms with Gasteiger partial charge in [-0.3, -0.25) is 0 Å². The predicted molar refractivity (Wildman–Crippen MR) is 202 cm³/mol. The second-order valence-electron chi connectivity index (χ2n) is 13.5. The average molecular weight is 613 g/mol. The molecule has 6 aromatic carbocycles. The van der Waals surface area contributed by atoms with Gasteiger partial charge in [-0.2, -0.15) is 0 Å². The van der Waals surface area contributed by atoms with Crippen LogP contribution in [0.2, 0.25) is 0 Å². The number of rotatable bonds is 4. The molecule has 1 aliphatic heterocycles. The predicted octanol–water partition coefficient (Wildman–Crippen LogP) is 12.8. The Morgan fingerprint density at radius 1 is 0.532 bits per heavy atom. The molecule has 1 heteroatoms. The summed E-state index contributed by atoms with van der Waals surface area (Å²) < 4.78 is 6.78. The third-order valence-electron chi connectivity index (χ3n) is 10.1. The van der Waals surface area contributed by atoms with Gasteiger partial charge in [0.1, 0.15) is 0 Å². The molecule has 3 unspecified atom stereocenters. The summed E-state index contributed by atoms with van der Waals surface area (Å²) in [6.07, 6.45) is 1.04. The molecule has 0 N–H and O–H groups in total. The highest BCUT2D eigenvalue weighted by Gasteiger charge is 2.49. The lowest BCUT2D eigenvalue weighted by Gasteiger charge is -2.38. The number of benzene rings is 6. The smallest absolute Gasteiger partial charge is 0.0867 e. The van der Waals surface area contributed by atoms with Crippen molar-refractivity contribution >= 4 is 16.3 Å². The van der Waals surface area contributed by atoms with Gasteiger partial charge in [-0.05, 0) is 104 Å². The van der Waals surface area contributed by atoms with E-state index in [9.17, 15) is 0 Å². The van der Waals surface area contributed by atoms with Crippen molar-refractivity contribution in [2.45, 2.75) is 58.7 Å². The van der Waals surface area contributed by atoms with Crippen molar-refractivity contribution in [3.8, 4) is 44.5 Å². The Morgan fingerprint density at radius 3 is 1.45 bits per heavy atom. The van der Waals surface area contributed by atoms with Crippen molar-refractivity contribution in [2.24, 2.45) is 5.92 Å². The van der Waals surface area contributed by atoms with Crippen molar-refractivity contribution in [3.63, 3.8) is 0 Å². The molecule has 6 aromatic rings. The van der Waals surface area contributed by atoms with Gasteiger partial charge >= 0.3 is 0 Å². The molecule has 1 fully saturated rings. The molecular weight excluding hydrogens is 569 g/mol. The minimum absolute atomic E-state index is 0.0133. The molecule has 0 bridgehead atoms. The lowest BCUT2D eigenvalue weighted by Crippen LogP contribution is -2.29. The lowest BCUT2D eigenvalue weighted by atomic mass is 9.66. The molecule has 2 aliphatic rings. The fourth-order valence-electron chi connectivity index (χ4n) is 8.06. The zero-order valence-corrected chi connectivity index (χ0v) is 28.3. The van der Waals surface area contributed by atoms with Crippen molar-refractivity contribution in [1.29, 1.82) is 0 Å². The van der Waals surface area contributed by atoms with Gasteiger partial charge in [-0.15, -0.1) is 0 Å². The van der Waals surface area contributed by atoms with Crippen LogP contribution in [-0.2, 0) is 4.74 Å². The summed E-state index contributed by atoms with van der Waals surface area (Å²) in [5.41, 5.74) is 13.6. The molecule has 47 heavy (non-hydrogen) atoms. The highest BCUT2D eigenvalue weighted by molar-refractivity contribution is 6.11. The van der Waals surface area contributed by atoms with Gasteiger partial charge in [-0.25, -0.2) is 0 Å². The molecule has 3 atom stereocenters. The minimum Gasteiger partial charge on any atom is -0.367 e. The Kier molecular flexibility index (Phi) is 8.20. The molecule has 234 valence electrons. The molecule has 0 aromatic heterocycles. The van der Waals surface area contributed by atoms with Crippen LogP contribution >= 0.6 is 0 Å². The zero-order chi connectivity index (χ0) is 32.7. The van der Waals surface area contributed by atoms with E-state index in [1.807, 2.05) is 13.8 Å². The van der Waals surface area contributed by atoms with E-state index in [0.717, 1.165) is 12.0 Å². The monoisotopic (exact) mass is 612 g/mol. The van der Waals surface area contributed by atoms with E-state index in [1.54, 1.807) is 0 Å². The number of fused-ring (bicyclic) bond motifs is 3. The Hall–Kier alpha value is -4.72. The summed E-state index contributed by atoms with van der Waals surface area (Å²) in [4.78, 5) is 0. The van der Waals surface area contributed by atoms with Crippen LogP contribution in [0.4, 0.5) is 0 Å². The van der Waals surface area contributed by atoms with E-state index in [4.69, 9.17) is 11.3 Å². The molecule has 1 heterocycles. The van der Waals surface area contributed by atoms with Crippen LogP contribution in [0.5, 0.6) is 0 Å². The first-order valence-electron chi connectivity index (χ1n) is 17.2. The normalized spacial score (nSPS) is 19.4. The SMILES string of the molecule is C=C1c2c(c(-c3ccc(-c4ccccc4)cc3)c3ccccc3c2-c2ccc(-c3ccccc3)cc2)C(C)C2CC(C)(C)OC12.CC. The lowest BCUT2D eigenvalue weighted by molar-refractivity contribution is 0.00397. The molecular formula is C46H44O. The first-order chi connectivity index (χ1) is 22.9. The summed E-state index contributed by atoms with van der Waals surface area (Å²) in [5, 5.41) is 2.55. The van der Waals surface area contributed by atoms with E-state index in [1.165, 1.54) is 66.4 Å². The third kappa shape index (κ3) is 5.43. The standard InChI is InChI=1S/C44H38O.C2H6/c1-28-38-27-44(3,4)45-43(38)29(2)40-39(28)41(34-23-19-32(20-24-34)30-13-7-5-8-14-30)36-17-11-12-18-37(36)42(40)35-25-21-33(22-26-35)31-15-9-6-10-16-31;1-2/h5-26,28,38,43H,2,27H2,1,3-4H3;1-2H3. The third-order valence-corrected chi connectivity index (χ3v) is 10.1. The van der Waals surface area contributed by atoms with Crippen molar-refractivity contribution in [2.75, 3.05) is 0 Å². The van der Waals surface area contributed by atoms with Crippen molar-refractivity contribution < 1.29 is 4.74 Å². The molecule has 1 aliphatic carbocycles. The molecule has 1 saturated heterocycles. The maximum atomic E-state index is 6.78. The van der Waals surface area contributed by atoms with Crippen LogP contribution in [0, 0.1) is 5.92 Å². The first kappa shape index (κ1) is 30.9. The zero-order valence-electron chi connectivity index (χ0n) is 28.3. The molecule has 0 radical (unpaired) electrons. The highest BCUT2D eigenvalue weighted by Crippen LogP contribution is 2.58. The Balaban J connectivity index is 0.00000172. The number of hydrogen-bond acceptors (Lipinski definition) is 1. The first-order valence-corrected chi connectivity index (χ1v) is 17.2. The van der Waals surface area contributed by atoms with Gasteiger partial charge in [0, 0.05) is 0 Å². The molecule has 0 amide bonds. The quantitative estimate of drug-likeness (QED) is 0.192. The van der Waals surface area contributed by atoms with Crippen molar-refractivity contribution in [1.82, 2.24) is 0 Å². The maximum absolute atomic E-state index is 6.78. The van der Waals surface area contributed by atoms with E-state index in [0.29, 0.717) is 11.8 Å². The largest absolute Gasteiger partial charge is 0.367 e. The summed E-state index contributed by atoms with van der Waals surface area (Å²) >= 11 is 0. The summed E-state index contributed by atoms with van der Waals surface area (Å²) in [6, 6.07) is 48.5. The average Bonchev–Trinajstić information content (AvgIpc) is 3.47. The van der Waals surface area contributed by atoms with Crippen molar-refractivity contribution in [3.05, 3.63) is 151 Å². The second kappa shape index (κ2) is 12.5. The van der Waals surface area contributed by atoms with Gasteiger partial charge in [0.05, 0.1) is 11.7 Å². The van der Waals surface area contributed by atoms with Crippen LogP contribution in [-0.4, -0.2) is 11.7 Å². The Morgan fingerprint density at radius 2 is 0.936 bits per heavy atom. The number of ether oxygens (including phenoxy) is 1. The van der Waals surface area contributed by atoms with Crippen LogP contribution in [0.3, 0.4) is 0 Å². The van der Waals surface area contributed by atoms with E-state index >= 15 is 0 Å². The number of hydrogen-bond donors (Lipinski definition) is 0. The van der Waals surface area contributed by atoms with Gasteiger partial charge in [0.2, 0.25) is 0 Å². The highest BCUT2D eigenvalue weighted by atomic mass is 16.5. The Labute approximate surface area is 280 Å².